The molecule has 0 spiro atoms. The number of thioether (sulfide) groups is 1. The maximum Gasteiger partial charge on any atom is 0.389 e. The number of aliphatic carboxylic acids is 1. The SMILES string of the molecule is Cc1cc(SC(CCC(F)(F)F)c2ccc(C(=O)NCCC(=O)O)cc2)cc(C)c1-c1ccc(C(C)(C)C)cc1. The molecule has 0 aromatic heterocycles. The lowest BCUT2D eigenvalue weighted by atomic mass is 9.85. The van der Waals surface area contributed by atoms with Gasteiger partial charge < -0.3 is 10.4 Å². The second-order valence-electron chi connectivity index (χ2n) is 11.0. The zero-order valence-corrected chi connectivity index (χ0v) is 24.3. The summed E-state index contributed by atoms with van der Waals surface area (Å²) < 4.78 is 39.5. The summed E-state index contributed by atoms with van der Waals surface area (Å²) in [4.78, 5) is 23.8. The van der Waals surface area contributed by atoms with Gasteiger partial charge in [-0.05, 0) is 83.3 Å². The smallest absolute Gasteiger partial charge is 0.389 e. The number of alkyl halides is 3. The standard InChI is InChI=1S/C32H36F3NO3S/c1-20-18-26(19-21(2)29(20)23-10-12-25(13-11-23)31(3,4)5)40-27(14-16-32(33,34)35)22-6-8-24(9-7-22)30(39)36-17-15-28(37)38/h6-13,18-19,27H,14-17H2,1-5H3,(H,36,39)(H,37,38). The molecule has 3 aromatic rings. The van der Waals surface area contributed by atoms with Gasteiger partial charge in [0.25, 0.3) is 5.91 Å². The first-order valence-corrected chi connectivity index (χ1v) is 14.1. The minimum Gasteiger partial charge on any atom is -0.481 e. The van der Waals surface area contributed by atoms with Crippen LogP contribution in [0.5, 0.6) is 0 Å². The van der Waals surface area contributed by atoms with E-state index in [9.17, 15) is 22.8 Å². The van der Waals surface area contributed by atoms with Crippen LogP contribution in [0.3, 0.4) is 0 Å². The van der Waals surface area contributed by atoms with Gasteiger partial charge in [-0.3, -0.25) is 9.59 Å². The summed E-state index contributed by atoms with van der Waals surface area (Å²) in [6.07, 6.45) is -5.50. The number of carbonyl (C=O) groups is 2. The predicted octanol–water partition coefficient (Wildman–Crippen LogP) is 8.65. The lowest BCUT2D eigenvalue weighted by Gasteiger charge is -2.21. The average Bonchev–Trinajstić information content (AvgIpc) is 2.85. The number of carboxylic acids is 1. The number of benzene rings is 3. The molecule has 214 valence electrons. The molecule has 0 radical (unpaired) electrons. The van der Waals surface area contributed by atoms with E-state index >= 15 is 0 Å². The molecule has 0 aliphatic rings. The van der Waals surface area contributed by atoms with Gasteiger partial charge in [0.15, 0.2) is 0 Å². The van der Waals surface area contributed by atoms with Gasteiger partial charge in [-0.2, -0.15) is 13.2 Å². The highest BCUT2D eigenvalue weighted by Crippen LogP contribution is 2.43. The largest absolute Gasteiger partial charge is 0.481 e. The van der Waals surface area contributed by atoms with Crippen LogP contribution in [0.25, 0.3) is 11.1 Å². The first-order chi connectivity index (χ1) is 18.6. The topological polar surface area (TPSA) is 66.4 Å². The van der Waals surface area contributed by atoms with Crippen LogP contribution in [0.1, 0.15) is 77.9 Å². The van der Waals surface area contributed by atoms with E-state index in [1.54, 1.807) is 24.3 Å². The number of carbonyl (C=O) groups excluding carboxylic acids is 1. The molecule has 1 atom stereocenters. The van der Waals surface area contributed by atoms with Gasteiger partial charge in [-0.15, -0.1) is 11.8 Å². The van der Waals surface area contributed by atoms with Crippen molar-refractivity contribution < 1.29 is 27.9 Å². The van der Waals surface area contributed by atoms with Crippen molar-refractivity contribution in [2.24, 2.45) is 0 Å². The van der Waals surface area contributed by atoms with E-state index in [0.29, 0.717) is 11.1 Å². The zero-order valence-electron chi connectivity index (χ0n) is 23.5. The third-order valence-corrected chi connectivity index (χ3v) is 7.98. The van der Waals surface area contributed by atoms with Crippen LogP contribution in [0.2, 0.25) is 0 Å². The first kappa shape index (κ1) is 31.3. The number of hydrogen-bond acceptors (Lipinski definition) is 3. The maximum absolute atomic E-state index is 13.2. The Morgan fingerprint density at radius 2 is 1.50 bits per heavy atom. The van der Waals surface area contributed by atoms with Crippen molar-refractivity contribution >= 4 is 23.6 Å². The Morgan fingerprint density at radius 3 is 2.00 bits per heavy atom. The van der Waals surface area contributed by atoms with E-state index in [0.717, 1.165) is 27.1 Å². The fourth-order valence-corrected chi connectivity index (χ4v) is 5.92. The lowest BCUT2D eigenvalue weighted by molar-refractivity contribution is -0.137. The minimum atomic E-state index is -4.28. The molecule has 0 bridgehead atoms. The summed E-state index contributed by atoms with van der Waals surface area (Å²) in [6.45, 7) is 10.5. The molecule has 0 saturated carbocycles. The number of amides is 1. The highest BCUT2D eigenvalue weighted by molar-refractivity contribution is 7.99. The minimum absolute atomic E-state index is 0.00456. The van der Waals surface area contributed by atoms with Crippen LogP contribution in [-0.4, -0.2) is 29.7 Å². The monoisotopic (exact) mass is 571 g/mol. The van der Waals surface area contributed by atoms with Gasteiger partial charge in [0.2, 0.25) is 0 Å². The lowest BCUT2D eigenvalue weighted by Crippen LogP contribution is -2.25. The van der Waals surface area contributed by atoms with Gasteiger partial charge in [-0.25, -0.2) is 0 Å². The van der Waals surface area contributed by atoms with Crippen molar-refractivity contribution in [2.45, 2.75) is 75.6 Å². The van der Waals surface area contributed by atoms with Crippen LogP contribution < -0.4 is 5.32 Å². The summed E-state index contributed by atoms with van der Waals surface area (Å²) in [7, 11) is 0. The third kappa shape index (κ3) is 8.88. The first-order valence-electron chi connectivity index (χ1n) is 13.2. The Balaban J connectivity index is 1.84. The summed E-state index contributed by atoms with van der Waals surface area (Å²) in [5, 5.41) is 10.8. The highest BCUT2D eigenvalue weighted by atomic mass is 32.2. The molecule has 40 heavy (non-hydrogen) atoms. The molecule has 1 unspecified atom stereocenters. The van der Waals surface area contributed by atoms with E-state index in [-0.39, 0.29) is 24.8 Å². The number of aryl methyl sites for hydroxylation is 2. The molecule has 0 fully saturated rings. The van der Waals surface area contributed by atoms with Crippen molar-refractivity contribution in [3.63, 3.8) is 0 Å². The van der Waals surface area contributed by atoms with Crippen molar-refractivity contribution in [3.8, 4) is 11.1 Å². The van der Waals surface area contributed by atoms with Crippen LogP contribution in [0.4, 0.5) is 13.2 Å². The quantitative estimate of drug-likeness (QED) is 0.239. The van der Waals surface area contributed by atoms with E-state index < -0.39 is 29.7 Å². The molecule has 0 heterocycles. The normalized spacial score (nSPS) is 12.7. The van der Waals surface area contributed by atoms with Gasteiger partial charge in [-0.1, -0.05) is 57.2 Å². The summed E-state index contributed by atoms with van der Waals surface area (Å²) in [5.74, 6) is -1.44. The second kappa shape index (κ2) is 12.9. The molecule has 0 saturated heterocycles. The Hall–Kier alpha value is -3.26. The maximum atomic E-state index is 13.2. The summed E-state index contributed by atoms with van der Waals surface area (Å²) >= 11 is 1.39. The zero-order chi connectivity index (χ0) is 29.7. The van der Waals surface area contributed by atoms with Gasteiger partial charge in [0.1, 0.15) is 0 Å². The van der Waals surface area contributed by atoms with E-state index in [1.807, 2.05) is 26.0 Å². The van der Waals surface area contributed by atoms with Gasteiger partial charge >= 0.3 is 12.1 Å². The summed E-state index contributed by atoms with van der Waals surface area (Å²) in [5.41, 5.74) is 6.63. The Labute approximate surface area is 238 Å². The fraction of sp³-hybridized carbons (Fsp3) is 0.375. The number of halogens is 3. The number of rotatable bonds is 10. The van der Waals surface area contributed by atoms with Gasteiger partial charge in [0.05, 0.1) is 6.42 Å². The third-order valence-electron chi connectivity index (χ3n) is 6.68. The Bertz CT molecular complexity index is 1300. The number of carboxylic acid groups (broad SMARTS) is 1. The van der Waals surface area contributed by atoms with Crippen molar-refractivity contribution in [3.05, 3.63) is 88.5 Å². The van der Waals surface area contributed by atoms with E-state index in [4.69, 9.17) is 5.11 Å². The molecular formula is C32H36F3NO3S. The molecule has 8 heteroatoms. The molecule has 3 aromatic carbocycles. The van der Waals surface area contributed by atoms with Crippen LogP contribution in [-0.2, 0) is 10.2 Å². The highest BCUT2D eigenvalue weighted by Gasteiger charge is 2.29. The molecule has 1 amide bonds. The van der Waals surface area contributed by atoms with Crippen molar-refractivity contribution in [1.82, 2.24) is 5.32 Å². The Morgan fingerprint density at radius 1 is 0.925 bits per heavy atom. The Kier molecular flexibility index (Phi) is 10.1. The van der Waals surface area contributed by atoms with Crippen LogP contribution in [0.15, 0.2) is 65.6 Å². The fourth-order valence-electron chi connectivity index (χ4n) is 4.57. The molecule has 3 rings (SSSR count). The van der Waals surface area contributed by atoms with E-state index in [2.05, 4.69) is 50.4 Å². The van der Waals surface area contributed by atoms with Crippen molar-refractivity contribution in [1.29, 1.82) is 0 Å². The van der Waals surface area contributed by atoms with Crippen molar-refractivity contribution in [2.75, 3.05) is 6.54 Å². The predicted molar refractivity (Wildman–Crippen MR) is 155 cm³/mol. The van der Waals surface area contributed by atoms with Crippen LogP contribution in [0, 0.1) is 13.8 Å². The molecule has 0 aliphatic carbocycles. The molecule has 4 nitrogen and oxygen atoms in total. The second-order valence-corrected chi connectivity index (χ2v) is 12.3. The number of hydrogen-bond donors (Lipinski definition) is 2. The average molecular weight is 572 g/mol. The van der Waals surface area contributed by atoms with Crippen LogP contribution >= 0.6 is 11.8 Å². The molecule has 2 N–H and O–H groups in total. The van der Waals surface area contributed by atoms with E-state index in [1.165, 1.54) is 17.3 Å². The molecular weight excluding hydrogens is 535 g/mol. The molecule has 0 aliphatic heterocycles. The van der Waals surface area contributed by atoms with Gasteiger partial charge in [0, 0.05) is 28.7 Å². The number of nitrogens with one attached hydrogen (secondary N) is 1. The summed E-state index contributed by atoms with van der Waals surface area (Å²) in [6, 6.07) is 19.0.